The van der Waals surface area contributed by atoms with E-state index in [0.717, 1.165) is 13.0 Å². The molecule has 2 atom stereocenters. The Balaban J connectivity index is 2.11. The van der Waals surface area contributed by atoms with E-state index in [-0.39, 0.29) is 6.04 Å². The third-order valence-electron chi connectivity index (χ3n) is 4.35. The molecule has 1 aliphatic heterocycles. The Morgan fingerprint density at radius 2 is 2.20 bits per heavy atom. The minimum Gasteiger partial charge on any atom is -0.370 e. The lowest BCUT2D eigenvalue weighted by Gasteiger charge is -2.37. The van der Waals surface area contributed by atoms with Crippen molar-refractivity contribution in [1.82, 2.24) is 4.90 Å². The average molecular weight is 275 g/mol. The van der Waals surface area contributed by atoms with E-state index < -0.39 is 0 Å². The molecule has 3 heteroatoms. The summed E-state index contributed by atoms with van der Waals surface area (Å²) >= 11 is 0. The van der Waals surface area contributed by atoms with Crippen molar-refractivity contribution in [2.45, 2.75) is 45.2 Å². The molecule has 2 unspecified atom stereocenters. The Bertz CT molecular complexity index is 442. The lowest BCUT2D eigenvalue weighted by atomic mass is 10.0. The number of piperidine rings is 1. The molecule has 0 radical (unpaired) electrons. The van der Waals surface area contributed by atoms with Crippen LogP contribution in [-0.4, -0.2) is 44.2 Å². The molecule has 1 aromatic rings. The number of likely N-dealkylation sites (N-methyl/N-ethyl adjacent to an activating group) is 2. The van der Waals surface area contributed by atoms with Gasteiger partial charge in [0.05, 0.1) is 0 Å². The number of anilines is 1. The maximum atomic E-state index is 5.89. The number of likely N-dealkylation sites (tertiary alicyclic amines) is 1. The summed E-state index contributed by atoms with van der Waals surface area (Å²) < 4.78 is 0. The first-order valence-corrected chi connectivity index (χ1v) is 7.74. The third-order valence-corrected chi connectivity index (χ3v) is 4.35. The predicted octanol–water partition coefficient (Wildman–Crippen LogP) is 2.42. The van der Waals surface area contributed by atoms with Gasteiger partial charge >= 0.3 is 0 Å². The number of hydrogen-bond donors (Lipinski definition) is 1. The molecule has 0 bridgehead atoms. The van der Waals surface area contributed by atoms with Crippen LogP contribution in [0.25, 0.3) is 0 Å². The van der Waals surface area contributed by atoms with E-state index in [4.69, 9.17) is 5.73 Å². The highest BCUT2D eigenvalue weighted by Crippen LogP contribution is 2.25. The Hall–Kier alpha value is -1.06. The first-order chi connectivity index (χ1) is 9.47. The zero-order valence-electron chi connectivity index (χ0n) is 13.4. The monoisotopic (exact) mass is 275 g/mol. The molecule has 2 rings (SSSR count). The van der Waals surface area contributed by atoms with E-state index in [1.165, 1.54) is 36.2 Å². The minimum absolute atomic E-state index is 0.227. The van der Waals surface area contributed by atoms with Gasteiger partial charge in [0.15, 0.2) is 0 Å². The second-order valence-corrected chi connectivity index (χ2v) is 6.47. The van der Waals surface area contributed by atoms with Gasteiger partial charge in [-0.3, -0.25) is 0 Å². The topological polar surface area (TPSA) is 32.5 Å². The Kier molecular flexibility index (Phi) is 5.06. The van der Waals surface area contributed by atoms with Crippen molar-refractivity contribution in [3.8, 4) is 0 Å². The summed E-state index contributed by atoms with van der Waals surface area (Å²) in [6, 6.07) is 7.65. The van der Waals surface area contributed by atoms with Crippen LogP contribution in [0.1, 0.15) is 30.9 Å². The van der Waals surface area contributed by atoms with Gasteiger partial charge in [-0.2, -0.15) is 0 Å². The summed E-state index contributed by atoms with van der Waals surface area (Å²) in [4.78, 5) is 4.89. The van der Waals surface area contributed by atoms with Crippen molar-refractivity contribution < 1.29 is 0 Å². The molecule has 112 valence electrons. The van der Waals surface area contributed by atoms with E-state index >= 15 is 0 Å². The normalized spacial score (nSPS) is 21.8. The van der Waals surface area contributed by atoms with Crippen LogP contribution in [0.3, 0.4) is 0 Å². The highest BCUT2D eigenvalue weighted by atomic mass is 15.2. The second-order valence-electron chi connectivity index (χ2n) is 6.47. The van der Waals surface area contributed by atoms with Gasteiger partial charge in [0.1, 0.15) is 0 Å². The van der Waals surface area contributed by atoms with Crippen LogP contribution in [0.15, 0.2) is 18.2 Å². The van der Waals surface area contributed by atoms with E-state index in [0.29, 0.717) is 6.04 Å². The van der Waals surface area contributed by atoms with Gasteiger partial charge in [-0.1, -0.05) is 12.1 Å². The summed E-state index contributed by atoms with van der Waals surface area (Å²) in [5, 5.41) is 0. The van der Waals surface area contributed by atoms with Crippen molar-refractivity contribution in [2.75, 3.05) is 32.1 Å². The zero-order valence-corrected chi connectivity index (χ0v) is 13.4. The molecule has 1 heterocycles. The summed E-state index contributed by atoms with van der Waals surface area (Å²) in [6.45, 7) is 6.67. The number of nitrogens with zero attached hydrogens (tertiary/aromatic N) is 2. The lowest BCUT2D eigenvalue weighted by Crippen LogP contribution is -2.45. The molecule has 1 aliphatic rings. The fourth-order valence-electron chi connectivity index (χ4n) is 3.26. The van der Waals surface area contributed by atoms with Crippen LogP contribution in [0.4, 0.5) is 5.69 Å². The van der Waals surface area contributed by atoms with Crippen molar-refractivity contribution >= 4 is 5.69 Å². The van der Waals surface area contributed by atoms with Crippen molar-refractivity contribution in [3.63, 3.8) is 0 Å². The SMILES string of the molecule is Cc1cc(CC(C)N)ccc1N(C)C1CCCN(C)C1. The average Bonchev–Trinajstić information content (AvgIpc) is 2.37. The van der Waals surface area contributed by atoms with Crippen LogP contribution in [0.5, 0.6) is 0 Å². The number of hydrogen-bond acceptors (Lipinski definition) is 3. The Morgan fingerprint density at radius 1 is 1.45 bits per heavy atom. The molecule has 1 saturated heterocycles. The van der Waals surface area contributed by atoms with Crippen molar-refractivity contribution in [3.05, 3.63) is 29.3 Å². The number of aryl methyl sites for hydroxylation is 1. The third kappa shape index (κ3) is 3.74. The fourth-order valence-corrected chi connectivity index (χ4v) is 3.26. The van der Waals surface area contributed by atoms with Crippen LogP contribution in [0.2, 0.25) is 0 Å². The van der Waals surface area contributed by atoms with Crippen LogP contribution < -0.4 is 10.6 Å². The molecule has 0 spiro atoms. The summed E-state index contributed by atoms with van der Waals surface area (Å²) in [7, 11) is 4.45. The summed E-state index contributed by atoms with van der Waals surface area (Å²) in [5.74, 6) is 0. The molecular weight excluding hydrogens is 246 g/mol. The molecular formula is C17H29N3. The maximum Gasteiger partial charge on any atom is 0.0414 e. The van der Waals surface area contributed by atoms with Gasteiger partial charge in [-0.05, 0) is 63.9 Å². The molecule has 2 N–H and O–H groups in total. The summed E-state index contributed by atoms with van der Waals surface area (Å²) in [6.07, 6.45) is 3.55. The van der Waals surface area contributed by atoms with E-state index in [1.54, 1.807) is 0 Å². The van der Waals surface area contributed by atoms with Gasteiger partial charge in [-0.25, -0.2) is 0 Å². The zero-order chi connectivity index (χ0) is 14.7. The van der Waals surface area contributed by atoms with Gasteiger partial charge in [-0.15, -0.1) is 0 Å². The van der Waals surface area contributed by atoms with Gasteiger partial charge in [0.2, 0.25) is 0 Å². The van der Waals surface area contributed by atoms with Crippen molar-refractivity contribution in [1.29, 1.82) is 0 Å². The predicted molar refractivity (Wildman–Crippen MR) is 87.5 cm³/mol. The highest BCUT2D eigenvalue weighted by Gasteiger charge is 2.22. The van der Waals surface area contributed by atoms with Gasteiger partial charge in [0.25, 0.3) is 0 Å². The molecule has 1 aromatic carbocycles. The standard InChI is InChI=1S/C17H29N3/c1-13-10-15(11-14(2)18)7-8-17(13)20(4)16-6-5-9-19(3)12-16/h7-8,10,14,16H,5-6,9,11-12,18H2,1-4H3. The molecule has 3 nitrogen and oxygen atoms in total. The summed E-state index contributed by atoms with van der Waals surface area (Å²) in [5.41, 5.74) is 9.95. The smallest absolute Gasteiger partial charge is 0.0414 e. The van der Waals surface area contributed by atoms with E-state index in [1.807, 2.05) is 0 Å². The quantitative estimate of drug-likeness (QED) is 0.916. The number of benzene rings is 1. The molecule has 0 saturated carbocycles. The molecule has 20 heavy (non-hydrogen) atoms. The Labute approximate surface area is 123 Å². The minimum atomic E-state index is 0.227. The van der Waals surface area contributed by atoms with Gasteiger partial charge in [0, 0.05) is 31.4 Å². The van der Waals surface area contributed by atoms with E-state index in [9.17, 15) is 0 Å². The van der Waals surface area contributed by atoms with Crippen LogP contribution in [0, 0.1) is 6.92 Å². The Morgan fingerprint density at radius 3 is 2.80 bits per heavy atom. The largest absolute Gasteiger partial charge is 0.370 e. The molecule has 0 amide bonds. The molecule has 1 fully saturated rings. The molecule has 0 aliphatic carbocycles. The van der Waals surface area contributed by atoms with E-state index in [2.05, 4.69) is 55.9 Å². The lowest BCUT2D eigenvalue weighted by molar-refractivity contribution is 0.248. The van der Waals surface area contributed by atoms with Crippen LogP contribution >= 0.6 is 0 Å². The first kappa shape index (κ1) is 15.3. The highest BCUT2D eigenvalue weighted by molar-refractivity contribution is 5.55. The molecule has 0 aromatic heterocycles. The number of rotatable bonds is 4. The second kappa shape index (κ2) is 6.59. The van der Waals surface area contributed by atoms with Crippen molar-refractivity contribution in [2.24, 2.45) is 5.73 Å². The number of nitrogens with two attached hydrogens (primary N) is 1. The maximum absolute atomic E-state index is 5.89. The van der Waals surface area contributed by atoms with Gasteiger partial charge < -0.3 is 15.5 Å². The van der Waals surface area contributed by atoms with Crippen LogP contribution in [-0.2, 0) is 6.42 Å². The first-order valence-electron chi connectivity index (χ1n) is 7.74. The fraction of sp³-hybridized carbons (Fsp3) is 0.647.